The zero-order chi connectivity index (χ0) is 14.5. The van der Waals surface area contributed by atoms with E-state index in [-0.39, 0.29) is 11.9 Å². The molecule has 4 nitrogen and oxygen atoms in total. The van der Waals surface area contributed by atoms with Crippen molar-refractivity contribution in [3.63, 3.8) is 0 Å². The molecule has 110 valence electrons. The predicted molar refractivity (Wildman–Crippen MR) is 83.4 cm³/mol. The molecule has 1 heterocycles. The summed E-state index contributed by atoms with van der Waals surface area (Å²) in [6.07, 6.45) is 3.04. The maximum absolute atomic E-state index is 12.4. The van der Waals surface area contributed by atoms with Gasteiger partial charge < -0.3 is 15.5 Å². The maximum atomic E-state index is 12.4. The van der Waals surface area contributed by atoms with E-state index < -0.39 is 0 Å². The fraction of sp³-hybridized carbons (Fsp3) is 0.562. The van der Waals surface area contributed by atoms with Gasteiger partial charge in [-0.2, -0.15) is 0 Å². The molecule has 1 aromatic rings. The van der Waals surface area contributed by atoms with Crippen LogP contribution in [-0.2, 0) is 6.42 Å². The summed E-state index contributed by atoms with van der Waals surface area (Å²) in [6, 6.07) is 6.13. The first-order valence-electron chi connectivity index (χ1n) is 7.39. The van der Waals surface area contributed by atoms with Crippen LogP contribution >= 0.6 is 0 Å². The van der Waals surface area contributed by atoms with Gasteiger partial charge in [-0.3, -0.25) is 4.79 Å². The van der Waals surface area contributed by atoms with Crippen LogP contribution in [0.15, 0.2) is 18.2 Å². The average molecular weight is 275 g/mol. The van der Waals surface area contributed by atoms with Gasteiger partial charge in [-0.05, 0) is 64.5 Å². The van der Waals surface area contributed by atoms with E-state index in [1.165, 1.54) is 0 Å². The molecule has 1 atom stereocenters. The Hall–Kier alpha value is -1.55. The summed E-state index contributed by atoms with van der Waals surface area (Å²) in [5, 5.41) is 6.47. The van der Waals surface area contributed by atoms with Gasteiger partial charge in [-0.15, -0.1) is 0 Å². The summed E-state index contributed by atoms with van der Waals surface area (Å²) in [5.74, 6) is 0.0526. The van der Waals surface area contributed by atoms with Gasteiger partial charge in [0, 0.05) is 23.8 Å². The number of anilines is 1. The minimum Gasteiger partial charge on any atom is -0.385 e. The number of benzene rings is 1. The predicted octanol–water partition coefficient (Wildman–Crippen LogP) is 2.11. The molecule has 0 aromatic heterocycles. The van der Waals surface area contributed by atoms with E-state index in [4.69, 9.17) is 0 Å². The van der Waals surface area contributed by atoms with Gasteiger partial charge in [0.05, 0.1) is 0 Å². The van der Waals surface area contributed by atoms with Crippen molar-refractivity contribution in [1.29, 1.82) is 0 Å². The van der Waals surface area contributed by atoms with E-state index in [9.17, 15) is 4.79 Å². The molecule has 20 heavy (non-hydrogen) atoms. The third-order valence-corrected chi connectivity index (χ3v) is 3.73. The Bertz CT molecular complexity index is 471. The summed E-state index contributed by atoms with van der Waals surface area (Å²) < 4.78 is 0. The van der Waals surface area contributed by atoms with E-state index in [0.29, 0.717) is 0 Å². The summed E-state index contributed by atoms with van der Waals surface area (Å²) in [7, 11) is 4.10. The number of nitrogens with one attached hydrogen (secondary N) is 2. The van der Waals surface area contributed by atoms with Crippen molar-refractivity contribution in [1.82, 2.24) is 10.2 Å². The van der Waals surface area contributed by atoms with Crippen LogP contribution in [0.25, 0.3) is 0 Å². The second-order valence-corrected chi connectivity index (χ2v) is 5.83. The van der Waals surface area contributed by atoms with E-state index in [2.05, 4.69) is 28.5 Å². The highest BCUT2D eigenvalue weighted by Crippen LogP contribution is 2.25. The Labute approximate surface area is 121 Å². The van der Waals surface area contributed by atoms with Crippen LogP contribution in [0.5, 0.6) is 0 Å². The molecule has 2 N–H and O–H groups in total. The highest BCUT2D eigenvalue weighted by molar-refractivity contribution is 5.97. The lowest BCUT2D eigenvalue weighted by atomic mass is 9.97. The monoisotopic (exact) mass is 275 g/mol. The molecular formula is C16H25N3O. The van der Waals surface area contributed by atoms with Crippen LogP contribution in [0, 0.1) is 0 Å². The van der Waals surface area contributed by atoms with Crippen LogP contribution in [0.2, 0.25) is 0 Å². The van der Waals surface area contributed by atoms with E-state index in [1.54, 1.807) is 0 Å². The van der Waals surface area contributed by atoms with Gasteiger partial charge in [-0.1, -0.05) is 6.07 Å². The molecule has 1 aliphatic heterocycles. The normalized spacial score (nSPS) is 15.4. The molecule has 1 aliphatic rings. The lowest BCUT2D eigenvalue weighted by molar-refractivity contribution is 0.0936. The average Bonchev–Trinajstić information content (AvgIpc) is 2.44. The molecule has 0 aliphatic carbocycles. The van der Waals surface area contributed by atoms with Crippen molar-refractivity contribution in [2.24, 2.45) is 0 Å². The standard InChI is InChI=1S/C16H25N3O/c1-12(9-11-19(2)3)18-16(20)14-6-4-8-15-13(14)7-5-10-17-15/h4,6,8,12,17H,5,7,9-11H2,1-3H3,(H,18,20). The molecule has 0 fully saturated rings. The molecular weight excluding hydrogens is 250 g/mol. The van der Waals surface area contributed by atoms with Crippen LogP contribution < -0.4 is 10.6 Å². The van der Waals surface area contributed by atoms with Crippen molar-refractivity contribution >= 4 is 11.6 Å². The summed E-state index contributed by atoms with van der Waals surface area (Å²) >= 11 is 0. The van der Waals surface area contributed by atoms with Crippen molar-refractivity contribution in [2.45, 2.75) is 32.2 Å². The molecule has 2 rings (SSSR count). The Kier molecular flexibility index (Phi) is 5.01. The van der Waals surface area contributed by atoms with Crippen molar-refractivity contribution in [3.8, 4) is 0 Å². The topological polar surface area (TPSA) is 44.4 Å². The third kappa shape index (κ3) is 3.73. The maximum Gasteiger partial charge on any atom is 0.251 e. The van der Waals surface area contributed by atoms with Crippen molar-refractivity contribution in [3.05, 3.63) is 29.3 Å². The summed E-state index contributed by atoms with van der Waals surface area (Å²) in [5.41, 5.74) is 3.10. The largest absolute Gasteiger partial charge is 0.385 e. The van der Waals surface area contributed by atoms with Crippen molar-refractivity contribution < 1.29 is 4.79 Å². The van der Waals surface area contributed by atoms with Crippen LogP contribution in [0.1, 0.15) is 35.7 Å². The minimum atomic E-state index is 0.0526. The molecule has 0 saturated carbocycles. The number of carbonyl (C=O) groups excluding carboxylic acids is 1. The number of nitrogens with zero attached hydrogens (tertiary/aromatic N) is 1. The van der Waals surface area contributed by atoms with E-state index in [0.717, 1.165) is 49.2 Å². The molecule has 1 amide bonds. The first-order valence-corrected chi connectivity index (χ1v) is 7.39. The minimum absolute atomic E-state index is 0.0526. The Morgan fingerprint density at radius 1 is 1.45 bits per heavy atom. The van der Waals surface area contributed by atoms with Gasteiger partial charge in [0.2, 0.25) is 0 Å². The van der Waals surface area contributed by atoms with Crippen LogP contribution in [-0.4, -0.2) is 44.0 Å². The van der Waals surface area contributed by atoms with Gasteiger partial charge >= 0.3 is 0 Å². The number of amides is 1. The summed E-state index contributed by atoms with van der Waals surface area (Å²) in [4.78, 5) is 14.6. The first-order chi connectivity index (χ1) is 9.58. The van der Waals surface area contributed by atoms with E-state index >= 15 is 0 Å². The zero-order valence-corrected chi connectivity index (χ0v) is 12.7. The first kappa shape index (κ1) is 14.9. The van der Waals surface area contributed by atoms with E-state index in [1.807, 2.05) is 26.2 Å². The number of hydrogen-bond acceptors (Lipinski definition) is 3. The van der Waals surface area contributed by atoms with Gasteiger partial charge in [0.25, 0.3) is 5.91 Å². The second-order valence-electron chi connectivity index (χ2n) is 5.83. The highest BCUT2D eigenvalue weighted by Gasteiger charge is 2.18. The second kappa shape index (κ2) is 6.75. The van der Waals surface area contributed by atoms with Crippen molar-refractivity contribution in [2.75, 3.05) is 32.5 Å². The third-order valence-electron chi connectivity index (χ3n) is 3.73. The molecule has 1 unspecified atom stereocenters. The van der Waals surface area contributed by atoms with Gasteiger partial charge in [0.1, 0.15) is 0 Å². The highest BCUT2D eigenvalue weighted by atomic mass is 16.1. The zero-order valence-electron chi connectivity index (χ0n) is 12.7. The lowest BCUT2D eigenvalue weighted by Gasteiger charge is -2.22. The fourth-order valence-corrected chi connectivity index (χ4v) is 2.55. The Morgan fingerprint density at radius 3 is 3.00 bits per heavy atom. The smallest absolute Gasteiger partial charge is 0.251 e. The number of carbonyl (C=O) groups is 1. The number of rotatable bonds is 5. The van der Waals surface area contributed by atoms with Gasteiger partial charge in [0.15, 0.2) is 0 Å². The molecule has 1 aromatic carbocycles. The lowest BCUT2D eigenvalue weighted by Crippen LogP contribution is -2.35. The molecule has 0 saturated heterocycles. The number of hydrogen-bond donors (Lipinski definition) is 2. The summed E-state index contributed by atoms with van der Waals surface area (Å²) in [6.45, 7) is 4.04. The van der Waals surface area contributed by atoms with Crippen LogP contribution in [0.4, 0.5) is 5.69 Å². The fourth-order valence-electron chi connectivity index (χ4n) is 2.55. The number of fused-ring (bicyclic) bond motifs is 1. The quantitative estimate of drug-likeness (QED) is 0.865. The van der Waals surface area contributed by atoms with Gasteiger partial charge in [-0.25, -0.2) is 0 Å². The Morgan fingerprint density at radius 2 is 2.25 bits per heavy atom. The Balaban J connectivity index is 2.02. The van der Waals surface area contributed by atoms with Crippen LogP contribution in [0.3, 0.4) is 0 Å². The SMILES string of the molecule is CC(CCN(C)C)NC(=O)c1cccc2c1CCCN2. The molecule has 0 bridgehead atoms. The molecule has 0 spiro atoms. The molecule has 0 radical (unpaired) electrons. The molecule has 4 heteroatoms.